The molecule has 0 aliphatic rings. The average Bonchev–Trinajstić information content (AvgIpc) is 2.87. The fourth-order valence-corrected chi connectivity index (χ4v) is 1.48. The fourth-order valence-electron chi connectivity index (χ4n) is 1.48. The van der Waals surface area contributed by atoms with Gasteiger partial charge in [0.25, 0.3) is 5.91 Å². The largest absolute Gasteiger partial charge is 0.480 e. The molecule has 0 unspecified atom stereocenters. The highest BCUT2D eigenvalue weighted by molar-refractivity contribution is 6.02. The predicted molar refractivity (Wildman–Crippen MR) is 61.3 cm³/mol. The molecule has 0 aromatic carbocycles. The van der Waals surface area contributed by atoms with Crippen LogP contribution in [0, 0.1) is 6.92 Å². The number of nitrogens with zero attached hydrogens (tertiary/aromatic N) is 2. The van der Waals surface area contributed by atoms with E-state index in [1.54, 1.807) is 13.0 Å². The molecule has 2 aromatic rings. The van der Waals surface area contributed by atoms with Crippen LogP contribution in [-0.4, -0.2) is 26.5 Å². The van der Waals surface area contributed by atoms with Crippen LogP contribution in [0.4, 0.5) is 6.01 Å². The number of rotatable bonds is 4. The van der Waals surface area contributed by atoms with Crippen molar-refractivity contribution >= 4 is 17.9 Å². The summed E-state index contributed by atoms with van der Waals surface area (Å²) in [5, 5.41) is 11.1. The number of carbonyl (C=O) groups excluding carboxylic acids is 1. The second kappa shape index (κ2) is 4.74. The molecule has 0 fully saturated rings. The van der Waals surface area contributed by atoms with Crippen LogP contribution in [0.25, 0.3) is 0 Å². The lowest BCUT2D eigenvalue weighted by atomic mass is 10.4. The number of hydrogen-bond donors (Lipinski definition) is 2. The summed E-state index contributed by atoms with van der Waals surface area (Å²) in [7, 11) is 0. The summed E-state index contributed by atoms with van der Waals surface area (Å²) in [6, 6.07) is 3.20. The Balaban J connectivity index is 2.14. The molecule has 0 saturated heterocycles. The van der Waals surface area contributed by atoms with Crippen LogP contribution >= 0.6 is 0 Å². The van der Waals surface area contributed by atoms with Crippen molar-refractivity contribution in [1.82, 2.24) is 9.55 Å². The summed E-state index contributed by atoms with van der Waals surface area (Å²) in [6.07, 6.45) is 2.93. The molecule has 7 heteroatoms. The monoisotopic (exact) mass is 249 g/mol. The highest BCUT2D eigenvalue weighted by Crippen LogP contribution is 2.09. The Bertz CT molecular complexity index is 585. The molecule has 1 amide bonds. The first-order valence-electron chi connectivity index (χ1n) is 5.16. The van der Waals surface area contributed by atoms with Gasteiger partial charge in [0.1, 0.15) is 18.5 Å². The predicted octanol–water partition coefficient (Wildman–Crippen LogP) is 1.12. The van der Waals surface area contributed by atoms with Crippen molar-refractivity contribution in [2.24, 2.45) is 0 Å². The Morgan fingerprint density at radius 2 is 2.33 bits per heavy atom. The van der Waals surface area contributed by atoms with E-state index in [-0.39, 0.29) is 18.3 Å². The molecule has 0 aliphatic heterocycles. The summed E-state index contributed by atoms with van der Waals surface area (Å²) in [5.74, 6) is -1.49. The number of aryl methyl sites for hydroxylation is 1. The Kier molecular flexibility index (Phi) is 3.13. The van der Waals surface area contributed by atoms with Gasteiger partial charge < -0.3 is 14.1 Å². The third-order valence-electron chi connectivity index (χ3n) is 2.21. The molecule has 0 spiro atoms. The van der Waals surface area contributed by atoms with Gasteiger partial charge in [-0.1, -0.05) is 0 Å². The zero-order chi connectivity index (χ0) is 13.1. The summed E-state index contributed by atoms with van der Waals surface area (Å²) < 4.78 is 6.31. The molecule has 94 valence electrons. The molecule has 0 bridgehead atoms. The van der Waals surface area contributed by atoms with Crippen LogP contribution in [0.3, 0.4) is 0 Å². The molecule has 0 radical (unpaired) electrons. The number of amides is 1. The Morgan fingerprint density at radius 1 is 1.56 bits per heavy atom. The van der Waals surface area contributed by atoms with Crippen LogP contribution in [0.5, 0.6) is 0 Å². The molecular weight excluding hydrogens is 238 g/mol. The highest BCUT2D eigenvalue weighted by atomic mass is 16.4. The zero-order valence-electron chi connectivity index (χ0n) is 9.58. The maximum absolute atomic E-state index is 11.9. The van der Waals surface area contributed by atoms with Gasteiger partial charge in [-0.25, -0.2) is 0 Å². The Labute approximate surface area is 102 Å². The van der Waals surface area contributed by atoms with Crippen molar-refractivity contribution in [2.45, 2.75) is 13.5 Å². The van der Waals surface area contributed by atoms with E-state index in [2.05, 4.69) is 10.3 Å². The number of oxazole rings is 1. The topological polar surface area (TPSA) is 97.4 Å². The summed E-state index contributed by atoms with van der Waals surface area (Å²) in [4.78, 5) is 26.4. The minimum absolute atomic E-state index is 0.0839. The van der Waals surface area contributed by atoms with Gasteiger partial charge in [0.15, 0.2) is 0 Å². The van der Waals surface area contributed by atoms with Crippen LogP contribution < -0.4 is 5.32 Å². The van der Waals surface area contributed by atoms with Gasteiger partial charge in [-0.05, 0) is 19.1 Å². The van der Waals surface area contributed by atoms with Crippen molar-refractivity contribution in [1.29, 1.82) is 0 Å². The van der Waals surface area contributed by atoms with Crippen molar-refractivity contribution in [2.75, 3.05) is 5.32 Å². The van der Waals surface area contributed by atoms with Gasteiger partial charge in [0.05, 0.1) is 5.69 Å². The van der Waals surface area contributed by atoms with Gasteiger partial charge in [0, 0.05) is 6.20 Å². The van der Waals surface area contributed by atoms with Gasteiger partial charge in [0.2, 0.25) is 0 Å². The van der Waals surface area contributed by atoms with Gasteiger partial charge >= 0.3 is 12.0 Å². The molecule has 7 nitrogen and oxygen atoms in total. The standard InChI is InChI=1S/C11H11N3O4/c1-7-6-18-11(12-7)13-10(17)8-3-2-4-14(8)5-9(15)16/h2-4,6H,5H2,1H3,(H,15,16)(H,12,13,17). The van der Waals surface area contributed by atoms with Crippen LogP contribution in [-0.2, 0) is 11.3 Å². The number of carbonyl (C=O) groups is 2. The van der Waals surface area contributed by atoms with E-state index in [1.165, 1.54) is 23.1 Å². The van der Waals surface area contributed by atoms with Crippen LogP contribution in [0.15, 0.2) is 29.0 Å². The van der Waals surface area contributed by atoms with E-state index in [0.29, 0.717) is 5.69 Å². The summed E-state index contributed by atoms with van der Waals surface area (Å²) >= 11 is 0. The van der Waals surface area contributed by atoms with Gasteiger partial charge in [-0.15, -0.1) is 0 Å². The van der Waals surface area contributed by atoms with Crippen molar-refractivity contribution in [3.8, 4) is 0 Å². The second-order valence-electron chi connectivity index (χ2n) is 3.66. The van der Waals surface area contributed by atoms with Crippen LogP contribution in [0.1, 0.15) is 16.2 Å². The minimum Gasteiger partial charge on any atom is -0.480 e. The molecule has 0 aliphatic carbocycles. The Morgan fingerprint density at radius 3 is 2.94 bits per heavy atom. The second-order valence-corrected chi connectivity index (χ2v) is 3.66. The maximum atomic E-state index is 11.9. The zero-order valence-corrected chi connectivity index (χ0v) is 9.58. The van der Waals surface area contributed by atoms with E-state index >= 15 is 0 Å². The number of aromatic nitrogens is 2. The third kappa shape index (κ3) is 2.57. The molecule has 18 heavy (non-hydrogen) atoms. The fraction of sp³-hybridized carbons (Fsp3) is 0.182. The molecule has 2 aromatic heterocycles. The molecule has 2 heterocycles. The van der Waals surface area contributed by atoms with E-state index < -0.39 is 11.9 Å². The number of aliphatic carboxylic acids is 1. The summed E-state index contributed by atoms with van der Waals surface area (Å²) in [6.45, 7) is 1.45. The molecule has 2 rings (SSSR count). The molecule has 0 saturated carbocycles. The first-order valence-corrected chi connectivity index (χ1v) is 5.16. The Hall–Kier alpha value is -2.57. The SMILES string of the molecule is Cc1coc(NC(=O)c2cccn2CC(=O)O)n1. The molecule has 0 atom stereocenters. The van der Waals surface area contributed by atoms with Crippen molar-refractivity contribution < 1.29 is 19.1 Å². The highest BCUT2D eigenvalue weighted by Gasteiger charge is 2.14. The molecule has 2 N–H and O–H groups in total. The van der Waals surface area contributed by atoms with E-state index in [4.69, 9.17) is 9.52 Å². The van der Waals surface area contributed by atoms with Gasteiger partial charge in [-0.2, -0.15) is 4.98 Å². The normalized spacial score (nSPS) is 10.3. The maximum Gasteiger partial charge on any atom is 0.323 e. The average molecular weight is 249 g/mol. The number of nitrogens with one attached hydrogen (secondary N) is 1. The first kappa shape index (κ1) is 11.9. The number of hydrogen-bond acceptors (Lipinski definition) is 4. The number of carboxylic acid groups (broad SMARTS) is 1. The first-order chi connectivity index (χ1) is 8.56. The lowest BCUT2D eigenvalue weighted by molar-refractivity contribution is -0.137. The third-order valence-corrected chi connectivity index (χ3v) is 2.21. The summed E-state index contributed by atoms with van der Waals surface area (Å²) in [5.41, 5.74) is 0.875. The van der Waals surface area contributed by atoms with Crippen molar-refractivity contribution in [3.63, 3.8) is 0 Å². The van der Waals surface area contributed by atoms with Gasteiger partial charge in [-0.3, -0.25) is 14.9 Å². The quantitative estimate of drug-likeness (QED) is 0.846. The lowest BCUT2D eigenvalue weighted by Gasteiger charge is -2.05. The molecular formula is C11H11N3O4. The minimum atomic E-state index is -1.02. The van der Waals surface area contributed by atoms with Crippen molar-refractivity contribution in [3.05, 3.63) is 36.0 Å². The lowest BCUT2D eigenvalue weighted by Crippen LogP contribution is -2.19. The smallest absolute Gasteiger partial charge is 0.323 e. The van der Waals surface area contributed by atoms with Crippen LogP contribution in [0.2, 0.25) is 0 Å². The van der Waals surface area contributed by atoms with E-state index in [0.717, 1.165) is 0 Å². The van der Waals surface area contributed by atoms with E-state index in [9.17, 15) is 9.59 Å². The number of anilines is 1. The number of carboxylic acids is 1. The van der Waals surface area contributed by atoms with E-state index in [1.807, 2.05) is 0 Å².